The molecule has 1 heterocycles. The number of alkyl carbamates (subject to hydrolysis) is 1. The Morgan fingerprint density at radius 2 is 1.31 bits per heavy atom. The fourth-order valence-corrected chi connectivity index (χ4v) is 8.57. The van der Waals surface area contributed by atoms with Gasteiger partial charge >= 0.3 is 12.1 Å². The van der Waals surface area contributed by atoms with Gasteiger partial charge in [0, 0.05) is 11.9 Å². The lowest BCUT2D eigenvalue weighted by molar-refractivity contribution is -0.137. The van der Waals surface area contributed by atoms with Crippen LogP contribution in [0.2, 0.25) is 0 Å². The van der Waals surface area contributed by atoms with Gasteiger partial charge in [0.2, 0.25) is 5.91 Å². The van der Waals surface area contributed by atoms with Crippen molar-refractivity contribution < 1.29 is 24.2 Å². The highest BCUT2D eigenvalue weighted by molar-refractivity contribution is 8.33. The average Bonchev–Trinajstić information content (AvgIpc) is 3.14. The minimum absolute atomic E-state index is 0.0354. The molecule has 0 saturated heterocycles. The molecule has 4 aromatic carbocycles. The highest BCUT2D eigenvalue weighted by atomic mass is 32.3. The van der Waals surface area contributed by atoms with E-state index in [0.29, 0.717) is 17.9 Å². The van der Waals surface area contributed by atoms with E-state index in [2.05, 4.69) is 27.2 Å². The molecule has 252 valence electrons. The summed E-state index contributed by atoms with van der Waals surface area (Å²) < 4.78 is 5.47. The van der Waals surface area contributed by atoms with E-state index in [1.807, 2.05) is 127 Å². The van der Waals surface area contributed by atoms with Gasteiger partial charge < -0.3 is 25.8 Å². The Labute approximate surface area is 288 Å². The SMILES string of the molecule is CS(CC(NC(=O)OCCNc1ccccn1)C(=O)NC(CC(=O)O)c1ccc(-c2ccccc2)cc1)(c1ccccc1)c1ccccc1. The Bertz CT molecular complexity index is 1750. The topological polar surface area (TPSA) is 130 Å². The number of pyridine rings is 1. The van der Waals surface area contributed by atoms with Crippen LogP contribution in [0.15, 0.2) is 149 Å². The van der Waals surface area contributed by atoms with Crippen LogP contribution >= 0.6 is 10.0 Å². The number of nitrogens with zero attached hydrogens (tertiary/aromatic N) is 1. The van der Waals surface area contributed by atoms with Crippen molar-refractivity contribution in [2.45, 2.75) is 28.3 Å². The highest BCUT2D eigenvalue weighted by Gasteiger charge is 2.33. The molecule has 0 fully saturated rings. The molecule has 0 saturated carbocycles. The maximum Gasteiger partial charge on any atom is 0.407 e. The van der Waals surface area contributed by atoms with E-state index in [4.69, 9.17) is 4.74 Å². The van der Waals surface area contributed by atoms with Crippen LogP contribution in [-0.4, -0.2) is 59.3 Å². The first-order valence-corrected chi connectivity index (χ1v) is 18.1. The first-order valence-electron chi connectivity index (χ1n) is 15.9. The van der Waals surface area contributed by atoms with Gasteiger partial charge in [0.25, 0.3) is 0 Å². The van der Waals surface area contributed by atoms with E-state index in [1.165, 1.54) is 0 Å². The number of benzene rings is 4. The van der Waals surface area contributed by atoms with Crippen LogP contribution in [0.1, 0.15) is 18.0 Å². The van der Waals surface area contributed by atoms with Crippen LogP contribution in [0.5, 0.6) is 0 Å². The number of carbonyl (C=O) groups is 3. The van der Waals surface area contributed by atoms with Crippen LogP contribution < -0.4 is 16.0 Å². The van der Waals surface area contributed by atoms with Crippen LogP contribution in [0, 0.1) is 0 Å². The zero-order valence-corrected chi connectivity index (χ0v) is 28.0. The molecule has 0 aliphatic carbocycles. The van der Waals surface area contributed by atoms with Gasteiger partial charge in [0.05, 0.1) is 19.0 Å². The van der Waals surface area contributed by atoms with Crippen molar-refractivity contribution in [3.8, 4) is 11.1 Å². The summed E-state index contributed by atoms with van der Waals surface area (Å²) in [5.74, 6) is -0.672. The number of ether oxygens (including phenoxy) is 1. The van der Waals surface area contributed by atoms with E-state index in [1.54, 1.807) is 12.3 Å². The van der Waals surface area contributed by atoms with Gasteiger partial charge in [-0.2, -0.15) is 10.0 Å². The number of carboxylic acid groups (broad SMARTS) is 1. The predicted octanol–water partition coefficient (Wildman–Crippen LogP) is 7.14. The molecule has 2 unspecified atom stereocenters. The van der Waals surface area contributed by atoms with E-state index >= 15 is 0 Å². The number of carbonyl (C=O) groups excluding carboxylic acids is 2. The lowest BCUT2D eigenvalue weighted by Crippen LogP contribution is -2.51. The van der Waals surface area contributed by atoms with Gasteiger partial charge in [0.1, 0.15) is 18.5 Å². The van der Waals surface area contributed by atoms with Crippen molar-refractivity contribution in [3.63, 3.8) is 0 Å². The number of carboxylic acids is 1. The van der Waals surface area contributed by atoms with Crippen LogP contribution in [0.4, 0.5) is 10.6 Å². The zero-order chi connectivity index (χ0) is 34.5. The van der Waals surface area contributed by atoms with E-state index in [0.717, 1.165) is 20.9 Å². The molecule has 2 atom stereocenters. The molecular formula is C39H40N4O5S. The number of anilines is 1. The summed E-state index contributed by atoms with van der Waals surface area (Å²) in [6, 6.07) is 40.7. The third-order valence-corrected chi connectivity index (χ3v) is 11.7. The highest BCUT2D eigenvalue weighted by Crippen LogP contribution is 2.59. The molecule has 1 aromatic heterocycles. The van der Waals surface area contributed by atoms with Crippen molar-refractivity contribution in [3.05, 3.63) is 145 Å². The van der Waals surface area contributed by atoms with Crippen LogP contribution in [-0.2, 0) is 14.3 Å². The standard InChI is InChI=1S/C39H40N4O5S/c1-49(32-15-7-3-8-16-32,33-17-9-4-10-18-33)28-35(43-39(47)48-26-25-41-36-19-11-12-24-40-36)38(46)42-34(27-37(44)45)31-22-20-30(21-23-31)29-13-5-2-6-14-29/h2-24,34-35H,25-28H2,1H3,(H,40,41)(H,42,46)(H,43,47)(H,44,45). The zero-order valence-electron chi connectivity index (χ0n) is 27.2. The summed E-state index contributed by atoms with van der Waals surface area (Å²) in [5.41, 5.74) is 2.63. The van der Waals surface area contributed by atoms with Crippen molar-refractivity contribution in [1.82, 2.24) is 15.6 Å². The second-order valence-electron chi connectivity index (χ2n) is 11.5. The smallest absolute Gasteiger partial charge is 0.407 e. The quantitative estimate of drug-likeness (QED) is 0.0868. The first-order chi connectivity index (χ1) is 23.8. The van der Waals surface area contributed by atoms with Crippen LogP contribution in [0.3, 0.4) is 0 Å². The number of nitrogens with one attached hydrogen (secondary N) is 3. The third kappa shape index (κ3) is 9.71. The molecule has 4 N–H and O–H groups in total. The van der Waals surface area contributed by atoms with E-state index in [-0.39, 0.29) is 18.8 Å². The largest absolute Gasteiger partial charge is 0.481 e. The maximum atomic E-state index is 14.2. The molecule has 2 amide bonds. The molecule has 0 aliphatic heterocycles. The fraction of sp³-hybridized carbons (Fsp3) is 0.179. The summed E-state index contributed by atoms with van der Waals surface area (Å²) in [6.45, 7) is 0.353. The lowest BCUT2D eigenvalue weighted by atomic mass is 9.99. The molecule has 0 radical (unpaired) electrons. The fourth-order valence-electron chi connectivity index (χ4n) is 5.50. The summed E-state index contributed by atoms with van der Waals surface area (Å²) in [6.07, 6.45) is 2.67. The summed E-state index contributed by atoms with van der Waals surface area (Å²) in [5, 5.41) is 18.7. The molecule has 49 heavy (non-hydrogen) atoms. The Morgan fingerprint density at radius 3 is 1.88 bits per heavy atom. The van der Waals surface area contributed by atoms with Crippen molar-refractivity contribution in [1.29, 1.82) is 0 Å². The number of hydrogen-bond donors (Lipinski definition) is 4. The normalized spacial score (nSPS) is 12.6. The van der Waals surface area contributed by atoms with Gasteiger partial charge in [0.15, 0.2) is 0 Å². The Kier molecular flexibility index (Phi) is 12.0. The monoisotopic (exact) mass is 676 g/mol. The minimum atomic E-state index is -1.88. The van der Waals surface area contributed by atoms with Crippen molar-refractivity contribution >= 4 is 33.8 Å². The number of rotatable bonds is 15. The number of amides is 2. The first kappa shape index (κ1) is 34.7. The summed E-state index contributed by atoms with van der Waals surface area (Å²) >= 11 is 0. The summed E-state index contributed by atoms with van der Waals surface area (Å²) in [7, 11) is -1.88. The molecule has 5 aromatic rings. The second kappa shape index (κ2) is 17.0. The van der Waals surface area contributed by atoms with Crippen molar-refractivity contribution in [2.24, 2.45) is 0 Å². The van der Waals surface area contributed by atoms with E-state index in [9.17, 15) is 19.5 Å². The minimum Gasteiger partial charge on any atom is -0.481 e. The Hall–Kier alpha value is -5.61. The Balaban J connectivity index is 1.39. The van der Waals surface area contributed by atoms with Gasteiger partial charge in [-0.05, 0) is 69.1 Å². The molecule has 0 aliphatic rings. The van der Waals surface area contributed by atoms with Gasteiger partial charge in [-0.15, -0.1) is 0 Å². The molecule has 10 heteroatoms. The van der Waals surface area contributed by atoms with Crippen molar-refractivity contribution in [2.75, 3.05) is 30.5 Å². The molecule has 5 rings (SSSR count). The number of aliphatic carboxylic acids is 1. The number of aromatic nitrogens is 1. The van der Waals surface area contributed by atoms with Gasteiger partial charge in [-0.25, -0.2) is 9.78 Å². The predicted molar refractivity (Wildman–Crippen MR) is 194 cm³/mol. The van der Waals surface area contributed by atoms with Gasteiger partial charge in [-0.1, -0.05) is 97.1 Å². The molecule has 9 nitrogen and oxygen atoms in total. The Morgan fingerprint density at radius 1 is 0.735 bits per heavy atom. The second-order valence-corrected chi connectivity index (χ2v) is 15.0. The number of hydrogen-bond acceptors (Lipinski definition) is 6. The maximum absolute atomic E-state index is 14.2. The van der Waals surface area contributed by atoms with E-state index < -0.39 is 40.1 Å². The molecular weight excluding hydrogens is 637 g/mol. The lowest BCUT2D eigenvalue weighted by Gasteiger charge is -2.39. The average molecular weight is 677 g/mol. The molecule has 0 bridgehead atoms. The summed E-state index contributed by atoms with van der Waals surface area (Å²) in [4.78, 5) is 45.7. The van der Waals surface area contributed by atoms with Crippen LogP contribution in [0.25, 0.3) is 11.1 Å². The molecule has 0 spiro atoms. The van der Waals surface area contributed by atoms with Gasteiger partial charge in [-0.3, -0.25) is 9.59 Å². The third-order valence-electron chi connectivity index (χ3n) is 8.06.